The lowest BCUT2D eigenvalue weighted by Gasteiger charge is -2.37. The molecule has 3 aromatic heterocycles. The molecule has 0 spiro atoms. The lowest BCUT2D eigenvalue weighted by atomic mass is 10.0. The molecule has 1 unspecified atom stereocenters. The van der Waals surface area contributed by atoms with E-state index in [0.717, 1.165) is 80.6 Å². The lowest BCUT2D eigenvalue weighted by Crippen LogP contribution is -2.48. The van der Waals surface area contributed by atoms with Crippen LogP contribution in [0.25, 0.3) is 11.2 Å². The van der Waals surface area contributed by atoms with Gasteiger partial charge in [0.2, 0.25) is 11.9 Å². The monoisotopic (exact) mass is 973 g/mol. The van der Waals surface area contributed by atoms with Crippen molar-refractivity contribution in [2.45, 2.75) is 49.3 Å². The molecule has 2 fully saturated rings. The average Bonchev–Trinajstić information content (AvgIpc) is 4.15. The summed E-state index contributed by atoms with van der Waals surface area (Å²) in [6, 6.07) is 11.3. The second-order valence-corrected chi connectivity index (χ2v) is 18.3. The molecule has 368 valence electrons. The van der Waals surface area contributed by atoms with E-state index in [1.54, 1.807) is 22.9 Å². The molecule has 19 nitrogen and oxygen atoms in total. The molecule has 3 aliphatic heterocycles. The van der Waals surface area contributed by atoms with Crippen LogP contribution < -0.4 is 26.0 Å². The number of hydrazone groups is 1. The van der Waals surface area contributed by atoms with Gasteiger partial charge in [0.25, 0.3) is 5.88 Å². The average molecular weight is 974 g/mol. The molecule has 2 saturated heterocycles. The topological polar surface area (TPSA) is 193 Å². The highest BCUT2D eigenvalue weighted by Gasteiger charge is 2.50. The maximum absolute atomic E-state index is 15.1. The van der Waals surface area contributed by atoms with Gasteiger partial charge in [-0.3, -0.25) is 14.3 Å². The molecule has 2 aromatic carbocycles. The number of benzene rings is 2. The van der Waals surface area contributed by atoms with Gasteiger partial charge in [0.05, 0.1) is 38.8 Å². The fourth-order valence-corrected chi connectivity index (χ4v) is 10.1. The van der Waals surface area contributed by atoms with E-state index in [-0.39, 0.29) is 30.3 Å². The third kappa shape index (κ3) is 11.1. The minimum Gasteiger partial charge on any atom is -0.478 e. The van der Waals surface area contributed by atoms with Crippen LogP contribution in [0.15, 0.2) is 78.8 Å². The Kier molecular flexibility index (Phi) is 15.7. The number of amides is 3. The van der Waals surface area contributed by atoms with Crippen LogP contribution in [-0.4, -0.2) is 158 Å². The Labute approximate surface area is 402 Å². The molecule has 3 aliphatic rings. The number of nitrogens with one attached hydrogen (secondary N) is 2. The largest absolute Gasteiger partial charge is 0.478 e. The first kappa shape index (κ1) is 49.2. The molecule has 69 heavy (non-hydrogen) atoms. The number of aryl methyl sites for hydroxylation is 2. The zero-order valence-electron chi connectivity index (χ0n) is 38.9. The number of nitrogens with two attached hydrogens (primary N) is 1. The van der Waals surface area contributed by atoms with Crippen molar-refractivity contribution < 1.29 is 32.3 Å². The summed E-state index contributed by atoms with van der Waals surface area (Å²) < 4.78 is 53.6. The highest BCUT2D eigenvalue weighted by Crippen LogP contribution is 2.51. The number of anilines is 3. The van der Waals surface area contributed by atoms with E-state index in [9.17, 15) is 18.4 Å². The molecule has 4 N–H and O–H groups in total. The minimum absolute atomic E-state index is 0.00934. The Morgan fingerprint density at radius 1 is 1.03 bits per heavy atom. The van der Waals surface area contributed by atoms with Crippen LogP contribution >= 0.6 is 11.8 Å². The van der Waals surface area contributed by atoms with E-state index in [4.69, 9.17) is 20.3 Å². The maximum Gasteiger partial charge on any atom is 0.365 e. The standard InChI is InChI=1S/C46H58F3N15O4S/c1-5-38(65)52-36-28-62(27-35(36)49)44-54-40(39-41(55-44)58(2)30-51-39)53-37-29-63(56-42(37)67-4)20-10-18-60-21-23-61(24-22-60)19-11-25-68-59(3)45(66)64-46(16-9-17-50,31-12-7-6-8-13-31)69-43(57-64)33-26-32(47)14-15-34(33)48/h5-8,12-15,26,29-30,35-36H,1,9-11,16-25,27-28,50H2,2-4H3,(H,52,65)(H,53,54,55)/t35-,36?,46+/m1/s1. The van der Waals surface area contributed by atoms with Crippen molar-refractivity contribution in [2.24, 2.45) is 17.9 Å². The number of urea groups is 1. The van der Waals surface area contributed by atoms with Crippen LogP contribution in [0.2, 0.25) is 0 Å². The number of carbonyl (C=O) groups excluding carboxylic acids is 2. The van der Waals surface area contributed by atoms with Gasteiger partial charge in [0.1, 0.15) is 33.4 Å². The second kappa shape index (κ2) is 22.0. The van der Waals surface area contributed by atoms with Gasteiger partial charge in [0, 0.05) is 65.5 Å². The van der Waals surface area contributed by atoms with E-state index in [0.29, 0.717) is 66.8 Å². The van der Waals surface area contributed by atoms with E-state index in [1.807, 2.05) is 48.3 Å². The predicted octanol–water partition coefficient (Wildman–Crippen LogP) is 4.80. The molecular weight excluding hydrogens is 916 g/mol. The van der Waals surface area contributed by atoms with Crippen molar-refractivity contribution >= 4 is 57.4 Å². The first-order valence-corrected chi connectivity index (χ1v) is 23.7. The molecule has 3 amide bonds. The quantitative estimate of drug-likeness (QED) is 0.0547. The van der Waals surface area contributed by atoms with Gasteiger partial charge in [-0.25, -0.2) is 28.0 Å². The summed E-state index contributed by atoms with van der Waals surface area (Å²) in [5.74, 6) is -0.617. The first-order chi connectivity index (χ1) is 33.4. The number of aromatic nitrogens is 6. The van der Waals surface area contributed by atoms with E-state index in [2.05, 4.69) is 47.2 Å². The van der Waals surface area contributed by atoms with Crippen LogP contribution in [0.5, 0.6) is 5.88 Å². The third-order valence-corrected chi connectivity index (χ3v) is 13.8. The number of ether oxygens (including phenoxy) is 1. The molecule has 8 rings (SSSR count). The van der Waals surface area contributed by atoms with E-state index < -0.39 is 40.7 Å². The summed E-state index contributed by atoms with van der Waals surface area (Å²) in [6.45, 7) is 10.2. The summed E-state index contributed by atoms with van der Waals surface area (Å²) in [5, 5.41) is 17.9. The number of imidazole rings is 1. The molecular formula is C46H58F3N15O4S. The Bertz CT molecular complexity index is 2630. The first-order valence-electron chi connectivity index (χ1n) is 22.9. The number of fused-ring (bicyclic) bond motifs is 1. The summed E-state index contributed by atoms with van der Waals surface area (Å²) in [5.41, 5.74) is 8.35. The van der Waals surface area contributed by atoms with Gasteiger partial charge in [-0.2, -0.15) is 20.1 Å². The number of hydrogen-bond acceptors (Lipinski definition) is 15. The molecule has 23 heteroatoms. The number of hydrogen-bond donors (Lipinski definition) is 3. The van der Waals surface area contributed by atoms with Crippen LogP contribution in [0.1, 0.15) is 36.8 Å². The lowest BCUT2D eigenvalue weighted by molar-refractivity contribution is -0.117. The summed E-state index contributed by atoms with van der Waals surface area (Å²) in [7, 11) is 4.90. The number of alkyl halides is 1. The van der Waals surface area contributed by atoms with Crippen molar-refractivity contribution in [1.82, 2.24) is 54.5 Å². The third-order valence-electron chi connectivity index (χ3n) is 12.3. The van der Waals surface area contributed by atoms with Gasteiger partial charge in [-0.15, -0.1) is 5.10 Å². The van der Waals surface area contributed by atoms with Crippen LogP contribution in [0, 0.1) is 11.6 Å². The summed E-state index contributed by atoms with van der Waals surface area (Å²) in [4.78, 5) is 51.3. The summed E-state index contributed by atoms with van der Waals surface area (Å²) in [6.07, 6.45) is 5.79. The minimum atomic E-state index is -1.31. The summed E-state index contributed by atoms with van der Waals surface area (Å²) >= 11 is 1.20. The van der Waals surface area contributed by atoms with Crippen molar-refractivity contribution in [3.63, 3.8) is 0 Å². The van der Waals surface area contributed by atoms with Gasteiger partial charge < -0.3 is 40.4 Å². The molecule has 0 saturated carbocycles. The number of rotatable bonds is 20. The molecule has 5 aromatic rings. The molecule has 0 radical (unpaired) electrons. The van der Waals surface area contributed by atoms with Crippen molar-refractivity contribution in [1.29, 1.82) is 0 Å². The zero-order chi connectivity index (χ0) is 48.7. The van der Waals surface area contributed by atoms with Crippen molar-refractivity contribution in [3.05, 3.63) is 96.5 Å². The normalized spacial score (nSPS) is 19.8. The number of carbonyl (C=O) groups is 2. The maximum atomic E-state index is 15.1. The second-order valence-electron chi connectivity index (χ2n) is 17.1. The number of piperazine rings is 1. The zero-order valence-corrected chi connectivity index (χ0v) is 39.8. The molecule has 6 heterocycles. The SMILES string of the molecule is C=CC(=O)NC1CN(c2nc(Nc3cn(CCCN4CCN(CCCON(C)C(=O)N5N=C(c6cc(F)ccc6F)S[C@@]5(CCCN)c5ccccc5)CC4)nc3OC)c3ncn(C)c3n2)C[C@H]1F. The van der Waals surface area contributed by atoms with Crippen molar-refractivity contribution in [2.75, 3.05) is 89.9 Å². The highest BCUT2D eigenvalue weighted by atomic mass is 32.2. The highest BCUT2D eigenvalue weighted by molar-refractivity contribution is 8.15. The molecule has 3 atom stereocenters. The van der Waals surface area contributed by atoms with Gasteiger partial charge in [0.15, 0.2) is 17.0 Å². The number of methoxy groups -OCH3 is 1. The van der Waals surface area contributed by atoms with E-state index >= 15 is 4.39 Å². The number of nitrogens with zero attached hydrogens (tertiary/aromatic N) is 12. The number of halogens is 3. The Morgan fingerprint density at radius 2 is 1.78 bits per heavy atom. The van der Waals surface area contributed by atoms with Gasteiger partial charge in [-0.05, 0) is 68.6 Å². The fraction of sp³-hybridized carbons (Fsp3) is 0.457. The van der Waals surface area contributed by atoms with Gasteiger partial charge >= 0.3 is 6.03 Å². The Hall–Kier alpha value is -6.27. The predicted molar refractivity (Wildman–Crippen MR) is 258 cm³/mol. The Morgan fingerprint density at radius 3 is 2.51 bits per heavy atom. The van der Waals surface area contributed by atoms with Crippen LogP contribution in [0.3, 0.4) is 0 Å². The molecule has 0 bridgehead atoms. The van der Waals surface area contributed by atoms with Crippen molar-refractivity contribution in [3.8, 4) is 5.88 Å². The Balaban J connectivity index is 0.808. The van der Waals surface area contributed by atoms with E-state index in [1.165, 1.54) is 23.8 Å². The van der Waals surface area contributed by atoms with Crippen LogP contribution in [0.4, 0.5) is 35.4 Å². The van der Waals surface area contributed by atoms with Gasteiger partial charge in [-0.1, -0.05) is 48.7 Å². The molecule has 0 aliphatic carbocycles. The number of hydroxylamine groups is 2. The fourth-order valence-electron chi connectivity index (χ4n) is 8.67. The van der Waals surface area contributed by atoms with Crippen LogP contribution in [-0.2, 0) is 28.1 Å². The smallest absolute Gasteiger partial charge is 0.365 e. The number of thioether (sulfide) groups is 1.